The van der Waals surface area contributed by atoms with E-state index in [0.29, 0.717) is 6.04 Å². The average Bonchev–Trinajstić information content (AvgIpc) is 2.16. The Kier molecular flexibility index (Phi) is 5.50. The Morgan fingerprint density at radius 3 is 2.62 bits per heavy atom. The average molecular weight is 220 g/mol. The molecule has 0 spiro atoms. The lowest BCUT2D eigenvalue weighted by Crippen LogP contribution is -2.39. The Morgan fingerprint density at radius 1 is 1.31 bits per heavy atom. The van der Waals surface area contributed by atoms with Gasteiger partial charge in [-0.3, -0.25) is 0 Å². The first-order chi connectivity index (χ1) is 7.61. The van der Waals surface area contributed by atoms with Gasteiger partial charge in [0.1, 0.15) is 0 Å². The fourth-order valence-electron chi connectivity index (χ4n) is 2.05. The van der Waals surface area contributed by atoms with E-state index in [1.165, 1.54) is 11.1 Å². The summed E-state index contributed by atoms with van der Waals surface area (Å²) < 4.78 is 0. The predicted octanol–water partition coefficient (Wildman–Crippen LogP) is 2.08. The molecular weight excluding hydrogens is 196 g/mol. The minimum atomic E-state index is 0.543. The van der Waals surface area contributed by atoms with Crippen molar-refractivity contribution in [3.63, 3.8) is 0 Å². The van der Waals surface area contributed by atoms with E-state index in [9.17, 15) is 0 Å². The Balaban J connectivity index is 2.60. The van der Waals surface area contributed by atoms with Crippen molar-refractivity contribution < 1.29 is 0 Å². The molecule has 0 saturated carbocycles. The second-order valence-electron chi connectivity index (χ2n) is 4.71. The number of hydrogen-bond donors (Lipinski definition) is 1. The highest BCUT2D eigenvalue weighted by Gasteiger charge is 2.09. The SMILES string of the molecule is CCNC(Cc1cccc(C)c1)CN(C)C. The molecule has 1 atom stereocenters. The number of benzene rings is 1. The highest BCUT2D eigenvalue weighted by molar-refractivity contribution is 5.23. The van der Waals surface area contributed by atoms with E-state index in [1.807, 2.05) is 0 Å². The van der Waals surface area contributed by atoms with Crippen LogP contribution in [0.3, 0.4) is 0 Å². The highest BCUT2D eigenvalue weighted by atomic mass is 15.1. The molecule has 0 aliphatic rings. The van der Waals surface area contributed by atoms with Crippen molar-refractivity contribution in [3.05, 3.63) is 35.4 Å². The van der Waals surface area contributed by atoms with E-state index in [0.717, 1.165) is 19.5 Å². The molecule has 0 bridgehead atoms. The maximum atomic E-state index is 3.54. The van der Waals surface area contributed by atoms with Gasteiger partial charge < -0.3 is 10.2 Å². The molecule has 0 radical (unpaired) electrons. The molecule has 1 rings (SSSR count). The molecule has 1 aromatic rings. The molecule has 1 N–H and O–H groups in total. The van der Waals surface area contributed by atoms with Gasteiger partial charge in [-0.1, -0.05) is 36.8 Å². The van der Waals surface area contributed by atoms with Crippen LogP contribution < -0.4 is 5.32 Å². The van der Waals surface area contributed by atoms with Gasteiger partial charge in [0, 0.05) is 12.6 Å². The van der Waals surface area contributed by atoms with Crippen LogP contribution >= 0.6 is 0 Å². The first-order valence-corrected chi connectivity index (χ1v) is 6.05. The summed E-state index contributed by atoms with van der Waals surface area (Å²) in [5, 5.41) is 3.54. The van der Waals surface area contributed by atoms with Crippen molar-refractivity contribution in [3.8, 4) is 0 Å². The fraction of sp³-hybridized carbons (Fsp3) is 0.571. The van der Waals surface area contributed by atoms with Gasteiger partial charge in [-0.15, -0.1) is 0 Å². The molecule has 0 aromatic heterocycles. The van der Waals surface area contributed by atoms with E-state index in [1.54, 1.807) is 0 Å². The molecular formula is C14H24N2. The lowest BCUT2D eigenvalue weighted by atomic mass is 10.0. The minimum Gasteiger partial charge on any atom is -0.313 e. The zero-order valence-corrected chi connectivity index (χ0v) is 11.0. The summed E-state index contributed by atoms with van der Waals surface area (Å²) in [6, 6.07) is 9.33. The summed E-state index contributed by atoms with van der Waals surface area (Å²) >= 11 is 0. The molecule has 0 fully saturated rings. The molecule has 90 valence electrons. The second kappa shape index (κ2) is 6.66. The summed E-state index contributed by atoms with van der Waals surface area (Å²) in [6.07, 6.45) is 1.10. The summed E-state index contributed by atoms with van der Waals surface area (Å²) in [4.78, 5) is 2.24. The molecule has 0 heterocycles. The summed E-state index contributed by atoms with van der Waals surface area (Å²) in [5.74, 6) is 0. The first-order valence-electron chi connectivity index (χ1n) is 6.05. The minimum absolute atomic E-state index is 0.543. The molecule has 1 unspecified atom stereocenters. The van der Waals surface area contributed by atoms with Crippen molar-refractivity contribution in [1.29, 1.82) is 0 Å². The van der Waals surface area contributed by atoms with Crippen LogP contribution in [0.1, 0.15) is 18.1 Å². The van der Waals surface area contributed by atoms with Gasteiger partial charge >= 0.3 is 0 Å². The molecule has 0 amide bonds. The normalized spacial score (nSPS) is 13.1. The van der Waals surface area contributed by atoms with Crippen LogP contribution in [0.25, 0.3) is 0 Å². The van der Waals surface area contributed by atoms with Crippen molar-refractivity contribution in [2.24, 2.45) is 0 Å². The zero-order chi connectivity index (χ0) is 12.0. The van der Waals surface area contributed by atoms with Crippen LogP contribution in [0, 0.1) is 6.92 Å². The van der Waals surface area contributed by atoms with Crippen LogP contribution in [0.4, 0.5) is 0 Å². The standard InChI is InChI=1S/C14H24N2/c1-5-15-14(11-16(3)4)10-13-8-6-7-12(2)9-13/h6-9,14-15H,5,10-11H2,1-4H3. The fourth-order valence-corrected chi connectivity index (χ4v) is 2.05. The number of hydrogen-bond acceptors (Lipinski definition) is 2. The van der Waals surface area contributed by atoms with Crippen LogP contribution in [-0.4, -0.2) is 38.1 Å². The first kappa shape index (κ1) is 13.2. The van der Waals surface area contributed by atoms with Gasteiger partial charge in [-0.2, -0.15) is 0 Å². The van der Waals surface area contributed by atoms with Crippen molar-refractivity contribution in [2.45, 2.75) is 26.3 Å². The molecule has 2 heteroatoms. The monoisotopic (exact) mass is 220 g/mol. The van der Waals surface area contributed by atoms with Gasteiger partial charge in [0.05, 0.1) is 0 Å². The number of likely N-dealkylation sites (N-methyl/N-ethyl adjacent to an activating group) is 2. The van der Waals surface area contributed by atoms with Gasteiger partial charge in [0.15, 0.2) is 0 Å². The van der Waals surface area contributed by atoms with E-state index < -0.39 is 0 Å². The largest absolute Gasteiger partial charge is 0.313 e. The van der Waals surface area contributed by atoms with Gasteiger partial charge in [-0.05, 0) is 39.5 Å². The van der Waals surface area contributed by atoms with Gasteiger partial charge in [0.25, 0.3) is 0 Å². The maximum absolute atomic E-state index is 3.54. The Labute approximate surface area is 99.7 Å². The van der Waals surface area contributed by atoms with Crippen molar-refractivity contribution >= 4 is 0 Å². The molecule has 0 saturated heterocycles. The maximum Gasteiger partial charge on any atom is 0.0235 e. The number of nitrogens with zero attached hydrogens (tertiary/aromatic N) is 1. The Bertz CT molecular complexity index is 307. The third-order valence-electron chi connectivity index (χ3n) is 2.64. The van der Waals surface area contributed by atoms with Gasteiger partial charge in [-0.25, -0.2) is 0 Å². The number of nitrogens with one attached hydrogen (secondary N) is 1. The Hall–Kier alpha value is -0.860. The second-order valence-corrected chi connectivity index (χ2v) is 4.71. The van der Waals surface area contributed by atoms with Crippen molar-refractivity contribution in [2.75, 3.05) is 27.2 Å². The third kappa shape index (κ3) is 4.77. The molecule has 1 aromatic carbocycles. The lowest BCUT2D eigenvalue weighted by molar-refractivity contribution is 0.339. The third-order valence-corrected chi connectivity index (χ3v) is 2.64. The summed E-state index contributed by atoms with van der Waals surface area (Å²) in [6.45, 7) is 6.43. The topological polar surface area (TPSA) is 15.3 Å². The van der Waals surface area contributed by atoms with E-state index in [2.05, 4.69) is 62.4 Å². The summed E-state index contributed by atoms with van der Waals surface area (Å²) in [5.41, 5.74) is 2.77. The zero-order valence-electron chi connectivity index (χ0n) is 11.0. The van der Waals surface area contributed by atoms with Crippen molar-refractivity contribution in [1.82, 2.24) is 10.2 Å². The number of aryl methyl sites for hydroxylation is 1. The van der Waals surface area contributed by atoms with E-state index in [-0.39, 0.29) is 0 Å². The Morgan fingerprint density at radius 2 is 2.06 bits per heavy atom. The highest BCUT2D eigenvalue weighted by Crippen LogP contribution is 2.07. The smallest absolute Gasteiger partial charge is 0.0235 e. The molecule has 0 aliphatic carbocycles. The predicted molar refractivity (Wildman–Crippen MR) is 70.9 cm³/mol. The molecule has 0 aliphatic heterocycles. The summed E-state index contributed by atoms with van der Waals surface area (Å²) in [7, 11) is 4.25. The van der Waals surface area contributed by atoms with Gasteiger partial charge in [0.2, 0.25) is 0 Å². The van der Waals surface area contributed by atoms with Crippen LogP contribution in [0.5, 0.6) is 0 Å². The van der Waals surface area contributed by atoms with Crippen LogP contribution in [-0.2, 0) is 6.42 Å². The quantitative estimate of drug-likeness (QED) is 0.789. The lowest BCUT2D eigenvalue weighted by Gasteiger charge is -2.22. The van der Waals surface area contributed by atoms with E-state index in [4.69, 9.17) is 0 Å². The van der Waals surface area contributed by atoms with E-state index >= 15 is 0 Å². The number of rotatable bonds is 6. The molecule has 2 nitrogen and oxygen atoms in total. The van der Waals surface area contributed by atoms with Crippen LogP contribution in [0.15, 0.2) is 24.3 Å². The molecule has 16 heavy (non-hydrogen) atoms. The van der Waals surface area contributed by atoms with Crippen LogP contribution in [0.2, 0.25) is 0 Å².